The normalized spacial score (nSPS) is 19.2. The average Bonchev–Trinajstić information content (AvgIpc) is 3.26. The molecule has 36 heavy (non-hydrogen) atoms. The van der Waals surface area contributed by atoms with E-state index in [-0.39, 0.29) is 63.8 Å². The van der Waals surface area contributed by atoms with Gasteiger partial charge in [0.05, 0.1) is 18.8 Å². The van der Waals surface area contributed by atoms with E-state index >= 15 is 0 Å². The Kier molecular flexibility index (Phi) is 8.89. The quantitative estimate of drug-likeness (QED) is 0.0720. The van der Waals surface area contributed by atoms with Gasteiger partial charge in [-0.25, -0.2) is 4.68 Å². The molecule has 0 spiro atoms. The number of carbonyl (C=O) groups excluding carboxylic acids is 3. The monoisotopic (exact) mass is 543 g/mol. The van der Waals surface area contributed by atoms with Crippen molar-refractivity contribution in [2.24, 2.45) is 12.2 Å². The number of oxime groups is 1. The van der Waals surface area contributed by atoms with Crippen molar-refractivity contribution in [1.29, 1.82) is 0 Å². The van der Waals surface area contributed by atoms with Gasteiger partial charge in [0.25, 0.3) is 11.8 Å². The molecule has 3 heterocycles. The summed E-state index contributed by atoms with van der Waals surface area (Å²) in [6.07, 6.45) is 0. The zero-order chi connectivity index (χ0) is 25.3. The van der Waals surface area contributed by atoms with Crippen molar-refractivity contribution >= 4 is 47.0 Å². The van der Waals surface area contributed by atoms with E-state index in [1.807, 2.05) is 0 Å². The summed E-state index contributed by atoms with van der Waals surface area (Å²) in [6, 6.07) is 2.84. The number of tetrazole rings is 1. The van der Waals surface area contributed by atoms with E-state index in [1.54, 1.807) is 7.05 Å². The number of benzene rings is 1. The van der Waals surface area contributed by atoms with E-state index in [0.29, 0.717) is 10.7 Å². The second-order valence-corrected chi connectivity index (χ2v) is 9.36. The maximum Gasteiger partial charge on any atom is 1.00 e. The number of hydrogen-bond donors (Lipinski definition) is 3. The molecule has 1 unspecified atom stereocenters. The molecule has 3 N–H and O–H groups in total. The van der Waals surface area contributed by atoms with Crippen molar-refractivity contribution in [3.8, 4) is 11.5 Å². The van der Waals surface area contributed by atoms with Gasteiger partial charge in [-0.1, -0.05) is 16.9 Å². The molecule has 0 bridgehead atoms. The number of methoxy groups -OCH3 is 1. The zero-order valence-corrected chi connectivity index (χ0v) is 22.9. The number of aromatic nitrogens is 4. The average molecular weight is 544 g/mol. The Bertz CT molecular complexity index is 1270. The Balaban J connectivity index is 0.00000361. The van der Waals surface area contributed by atoms with Gasteiger partial charge in [-0.05, 0) is 34.2 Å². The first-order chi connectivity index (χ1) is 16.8. The Hall–Kier alpha value is -2.79. The topological polar surface area (TPSA) is 195 Å². The van der Waals surface area contributed by atoms with Crippen LogP contribution in [0.25, 0.3) is 0 Å². The van der Waals surface area contributed by atoms with Crippen LogP contribution in [0.2, 0.25) is 0 Å². The smallest absolute Gasteiger partial charge is 0.543 e. The van der Waals surface area contributed by atoms with Crippen molar-refractivity contribution in [1.82, 2.24) is 30.4 Å². The standard InChI is InChI=1S/C19H19N7O7S2.Na/c1-25-19(21-23-24-25)35-7-9-6-34-17-13(16(29)26(17)14(9)18(30)31)20-15(28)12(22-32)8-3-4-10(27)11(5-8)33-2;/h3-5,13,17,27,32H,6-7H2,1-2H3,(H,20,28)(H,30,31);/q;+1/p-1/t13?,17-;/m0./s1. The molecule has 1 aromatic carbocycles. The van der Waals surface area contributed by atoms with E-state index in [9.17, 15) is 29.8 Å². The number of nitrogens with zero attached hydrogens (tertiary/aromatic N) is 6. The maximum atomic E-state index is 12.8. The number of aromatic hydroxyl groups is 1. The predicted molar refractivity (Wildman–Crippen MR) is 120 cm³/mol. The minimum atomic E-state index is -1.51. The number of amides is 2. The van der Waals surface area contributed by atoms with Crippen molar-refractivity contribution in [3.63, 3.8) is 0 Å². The summed E-state index contributed by atoms with van der Waals surface area (Å²) in [6.45, 7) is 0. The molecule has 2 aliphatic rings. The number of carboxylic acids is 1. The molecule has 2 aliphatic heterocycles. The number of carbonyl (C=O) groups is 3. The van der Waals surface area contributed by atoms with E-state index in [1.165, 1.54) is 53.5 Å². The van der Waals surface area contributed by atoms with Gasteiger partial charge >= 0.3 is 29.6 Å². The Morgan fingerprint density at radius 3 is 2.78 bits per heavy atom. The van der Waals surface area contributed by atoms with Crippen LogP contribution in [0, 0.1) is 0 Å². The summed E-state index contributed by atoms with van der Waals surface area (Å²) in [5, 5.41) is 47.4. The number of phenolic OH excluding ortho intramolecular Hbond substituents is 1. The molecular weight excluding hydrogens is 525 g/mol. The second kappa shape index (κ2) is 11.5. The number of hydrogen-bond acceptors (Lipinski definition) is 13. The van der Waals surface area contributed by atoms with Crippen LogP contribution in [-0.4, -0.2) is 88.9 Å². The molecule has 17 heteroatoms. The van der Waals surface area contributed by atoms with Gasteiger partial charge in [0.2, 0.25) is 5.16 Å². The van der Waals surface area contributed by atoms with Gasteiger partial charge < -0.3 is 30.3 Å². The Labute approximate surface area is 234 Å². The van der Waals surface area contributed by atoms with Crippen molar-refractivity contribution in [2.45, 2.75) is 16.6 Å². The number of β-lactam (4-membered cyclic amide) rings is 1. The van der Waals surface area contributed by atoms with E-state index in [0.717, 1.165) is 4.90 Å². The molecule has 4 rings (SSSR count). The third kappa shape index (κ3) is 5.17. The summed E-state index contributed by atoms with van der Waals surface area (Å²) < 4.78 is 6.43. The largest absolute Gasteiger partial charge is 1.00 e. The number of ether oxygens (including phenoxy) is 1. The minimum absolute atomic E-state index is 0. The number of fused-ring (bicyclic) bond motifs is 1. The number of thioether (sulfide) groups is 2. The molecule has 14 nitrogen and oxygen atoms in total. The Morgan fingerprint density at radius 2 is 2.17 bits per heavy atom. The summed E-state index contributed by atoms with van der Waals surface area (Å²) in [4.78, 5) is 38.6. The van der Waals surface area contributed by atoms with Gasteiger partial charge in [-0.15, -0.1) is 16.9 Å². The van der Waals surface area contributed by atoms with Crippen molar-refractivity contribution in [2.75, 3.05) is 18.6 Å². The van der Waals surface area contributed by atoms with Crippen molar-refractivity contribution < 1.29 is 64.1 Å². The molecule has 184 valence electrons. The molecular formula is C19H18N7NaO7S2. The minimum Gasteiger partial charge on any atom is -0.543 e. The van der Waals surface area contributed by atoms with Crippen molar-refractivity contribution in [3.05, 3.63) is 35.0 Å². The first-order valence-electron chi connectivity index (χ1n) is 9.90. The molecule has 1 aromatic heterocycles. The van der Waals surface area contributed by atoms with Crippen LogP contribution in [0.1, 0.15) is 5.56 Å². The molecule has 2 amide bonds. The summed E-state index contributed by atoms with van der Waals surface area (Å²) >= 11 is 2.49. The fourth-order valence-corrected chi connectivity index (χ4v) is 5.88. The number of aryl methyl sites for hydroxylation is 1. The van der Waals surface area contributed by atoms with Crippen LogP contribution in [-0.2, 0) is 21.4 Å². The fourth-order valence-electron chi connectivity index (χ4n) is 3.55. The van der Waals surface area contributed by atoms with Crippen LogP contribution in [0.5, 0.6) is 11.5 Å². The van der Waals surface area contributed by atoms with E-state index in [2.05, 4.69) is 26.0 Å². The third-order valence-electron chi connectivity index (χ3n) is 5.25. The van der Waals surface area contributed by atoms with Gasteiger partial charge in [0, 0.05) is 24.1 Å². The molecule has 2 atom stereocenters. The number of aliphatic carboxylic acids is 1. The molecule has 0 radical (unpaired) electrons. The molecule has 0 aliphatic carbocycles. The summed E-state index contributed by atoms with van der Waals surface area (Å²) in [5.41, 5.74) is -0.0646. The molecule has 1 fully saturated rings. The maximum absolute atomic E-state index is 12.8. The summed E-state index contributed by atoms with van der Waals surface area (Å²) in [5.74, 6) is -2.64. The van der Waals surface area contributed by atoms with Gasteiger partial charge in [-0.2, -0.15) is 0 Å². The van der Waals surface area contributed by atoms with Crippen LogP contribution in [0.3, 0.4) is 0 Å². The molecule has 2 aromatic rings. The Morgan fingerprint density at radius 1 is 1.42 bits per heavy atom. The van der Waals surface area contributed by atoms with Crippen LogP contribution >= 0.6 is 23.5 Å². The first kappa shape index (κ1) is 27.8. The molecule has 0 saturated carbocycles. The van der Waals surface area contributed by atoms with Crippen LogP contribution < -0.4 is 44.7 Å². The number of rotatable bonds is 8. The first-order valence-corrected chi connectivity index (χ1v) is 11.9. The third-order valence-corrected chi connectivity index (χ3v) is 7.69. The van der Waals surface area contributed by atoms with Gasteiger partial charge in [0.15, 0.2) is 17.2 Å². The number of nitrogens with one attached hydrogen (secondary N) is 1. The zero-order valence-electron chi connectivity index (χ0n) is 19.2. The van der Waals surface area contributed by atoms with Gasteiger partial charge in [-0.3, -0.25) is 14.5 Å². The second-order valence-electron chi connectivity index (χ2n) is 7.31. The summed E-state index contributed by atoms with van der Waals surface area (Å²) in [7, 11) is 2.96. The SMILES string of the molecule is COc1cc(C(=NO)C(=O)NC2C(=O)N3C(C(=O)[O-])=C(CSc4nnnn4C)CS[C@@H]23)ccc1O.[Na+]. The van der Waals surface area contributed by atoms with Crippen LogP contribution in [0.15, 0.2) is 39.8 Å². The number of carboxylic acid groups (broad SMARTS) is 1. The predicted octanol–water partition coefficient (Wildman–Crippen LogP) is -4.70. The molecule has 1 saturated heterocycles. The van der Waals surface area contributed by atoms with E-state index < -0.39 is 34.9 Å². The number of phenols is 1. The van der Waals surface area contributed by atoms with E-state index in [4.69, 9.17) is 4.74 Å². The van der Waals surface area contributed by atoms with Crippen LogP contribution in [0.4, 0.5) is 0 Å². The van der Waals surface area contributed by atoms with Gasteiger partial charge in [0.1, 0.15) is 11.4 Å². The fraction of sp³-hybridized carbons (Fsp3) is 0.316.